The molecule has 1 heterocycles. The van der Waals surface area contributed by atoms with Crippen LogP contribution in [0.25, 0.3) is 0 Å². The van der Waals surface area contributed by atoms with Gasteiger partial charge in [-0.2, -0.15) is 13.2 Å². The van der Waals surface area contributed by atoms with Crippen LogP contribution in [0.15, 0.2) is 36.4 Å². The molecule has 128 valence electrons. The van der Waals surface area contributed by atoms with Gasteiger partial charge in [-0.05, 0) is 37.6 Å². The third kappa shape index (κ3) is 4.82. The molecular weight excluding hydrogens is 341 g/mol. The van der Waals surface area contributed by atoms with Crippen LogP contribution in [-0.2, 0) is 12.6 Å². The summed E-state index contributed by atoms with van der Waals surface area (Å²) in [6.07, 6.45) is -4.05. The van der Waals surface area contributed by atoms with Gasteiger partial charge >= 0.3 is 12.2 Å². The van der Waals surface area contributed by atoms with Crippen LogP contribution in [-0.4, -0.2) is 18.4 Å². The van der Waals surface area contributed by atoms with Crippen molar-refractivity contribution in [3.8, 4) is 0 Å². The third-order valence-corrected chi connectivity index (χ3v) is 4.39. The van der Waals surface area contributed by atoms with Crippen LogP contribution in [0, 0.1) is 0 Å². The first-order valence-electron chi connectivity index (χ1n) is 7.08. The fourth-order valence-electron chi connectivity index (χ4n) is 2.01. The fourth-order valence-corrected chi connectivity index (χ4v) is 2.91. The highest BCUT2D eigenvalue weighted by Gasteiger charge is 2.33. The van der Waals surface area contributed by atoms with E-state index in [2.05, 4.69) is 10.6 Å². The predicted octanol–water partition coefficient (Wildman–Crippen LogP) is 4.33. The molecule has 0 spiro atoms. The van der Waals surface area contributed by atoms with Crippen molar-refractivity contribution in [3.05, 3.63) is 51.7 Å². The van der Waals surface area contributed by atoms with Crippen LogP contribution in [0.4, 0.5) is 23.7 Å². The van der Waals surface area contributed by atoms with Gasteiger partial charge in [0.05, 0.1) is 16.1 Å². The van der Waals surface area contributed by atoms with E-state index in [0.29, 0.717) is 11.3 Å². The molecule has 1 aromatic carbocycles. The molecule has 0 radical (unpaired) electrons. The van der Waals surface area contributed by atoms with Crippen LogP contribution in [0.5, 0.6) is 0 Å². The number of nitrogens with one attached hydrogen (secondary N) is 2. The van der Waals surface area contributed by atoms with Crippen molar-refractivity contribution < 1.29 is 22.8 Å². The Balaban J connectivity index is 1.89. The van der Waals surface area contributed by atoms with Crippen molar-refractivity contribution in [2.75, 3.05) is 11.9 Å². The lowest BCUT2D eigenvalue weighted by Crippen LogP contribution is -2.31. The maximum absolute atomic E-state index is 12.8. The van der Waals surface area contributed by atoms with Gasteiger partial charge in [-0.1, -0.05) is 12.1 Å². The molecule has 2 amide bonds. The van der Waals surface area contributed by atoms with Gasteiger partial charge in [-0.25, -0.2) is 4.79 Å². The average Bonchev–Trinajstić information content (AvgIpc) is 2.96. The second-order valence-corrected chi connectivity index (χ2v) is 6.16. The lowest BCUT2D eigenvalue weighted by Gasteiger charge is -2.13. The molecule has 0 aliphatic rings. The maximum Gasteiger partial charge on any atom is 0.418 e. The van der Waals surface area contributed by atoms with Gasteiger partial charge in [-0.3, -0.25) is 4.79 Å². The van der Waals surface area contributed by atoms with Crippen molar-refractivity contribution in [3.63, 3.8) is 0 Å². The van der Waals surface area contributed by atoms with Crippen molar-refractivity contribution in [2.24, 2.45) is 0 Å². The summed E-state index contributed by atoms with van der Waals surface area (Å²) < 4.78 is 38.5. The van der Waals surface area contributed by atoms with E-state index in [1.807, 2.05) is 0 Å². The molecule has 0 aliphatic heterocycles. The first-order chi connectivity index (χ1) is 11.3. The van der Waals surface area contributed by atoms with Gasteiger partial charge in [0.2, 0.25) is 0 Å². The minimum Gasteiger partial charge on any atom is -0.338 e. The molecule has 0 aliphatic carbocycles. The molecule has 0 unspecified atom stereocenters. The van der Waals surface area contributed by atoms with E-state index < -0.39 is 17.8 Å². The monoisotopic (exact) mass is 356 g/mol. The normalized spacial score (nSPS) is 11.2. The van der Waals surface area contributed by atoms with Crippen molar-refractivity contribution in [1.29, 1.82) is 0 Å². The largest absolute Gasteiger partial charge is 0.418 e. The van der Waals surface area contributed by atoms with Gasteiger partial charge in [0.15, 0.2) is 5.78 Å². The molecule has 4 nitrogen and oxygen atoms in total. The SMILES string of the molecule is CC(=O)c1ccc(CCNC(=O)Nc2ccccc2C(F)(F)F)s1. The Hall–Kier alpha value is -2.35. The van der Waals surface area contributed by atoms with Crippen LogP contribution in [0.2, 0.25) is 0 Å². The smallest absolute Gasteiger partial charge is 0.338 e. The summed E-state index contributed by atoms with van der Waals surface area (Å²) >= 11 is 1.33. The topological polar surface area (TPSA) is 58.2 Å². The highest BCUT2D eigenvalue weighted by molar-refractivity contribution is 7.14. The third-order valence-electron chi connectivity index (χ3n) is 3.15. The van der Waals surface area contributed by atoms with Crippen molar-refractivity contribution >= 4 is 28.8 Å². The summed E-state index contributed by atoms with van der Waals surface area (Å²) in [6.45, 7) is 1.72. The standard InChI is InChI=1S/C16H15F3N2O2S/c1-10(22)14-7-6-11(24-14)8-9-20-15(23)21-13-5-3-2-4-12(13)16(17,18)19/h2-7H,8-9H2,1H3,(H2,20,21,23). The fraction of sp³-hybridized carbons (Fsp3) is 0.250. The number of hydrogen-bond donors (Lipinski definition) is 2. The summed E-state index contributed by atoms with van der Waals surface area (Å²) in [5, 5.41) is 4.71. The van der Waals surface area contributed by atoms with Gasteiger partial charge in [0, 0.05) is 11.4 Å². The van der Waals surface area contributed by atoms with E-state index in [4.69, 9.17) is 0 Å². The van der Waals surface area contributed by atoms with Gasteiger partial charge in [0.1, 0.15) is 0 Å². The highest BCUT2D eigenvalue weighted by atomic mass is 32.1. The number of benzene rings is 1. The molecule has 24 heavy (non-hydrogen) atoms. The van der Waals surface area contributed by atoms with Crippen molar-refractivity contribution in [1.82, 2.24) is 5.32 Å². The zero-order chi connectivity index (χ0) is 17.7. The summed E-state index contributed by atoms with van der Waals surface area (Å²) in [4.78, 5) is 24.5. The number of amides is 2. The number of thiophene rings is 1. The summed E-state index contributed by atoms with van der Waals surface area (Å²) in [5.41, 5.74) is -1.19. The summed E-state index contributed by atoms with van der Waals surface area (Å²) in [5.74, 6) is -0.0271. The number of Topliss-reactive ketones (excluding diaryl/α,β-unsaturated/α-hetero) is 1. The number of ketones is 1. The molecule has 0 atom stereocenters. The molecule has 0 saturated heterocycles. The minimum absolute atomic E-state index is 0.0271. The minimum atomic E-state index is -4.54. The predicted molar refractivity (Wildman–Crippen MR) is 86.5 cm³/mol. The Morgan fingerprint density at radius 3 is 2.46 bits per heavy atom. The zero-order valence-electron chi connectivity index (χ0n) is 12.7. The van der Waals surface area contributed by atoms with Crippen LogP contribution in [0.1, 0.15) is 27.0 Å². The maximum atomic E-state index is 12.8. The molecule has 0 fully saturated rings. The number of carbonyl (C=O) groups excluding carboxylic acids is 2. The van der Waals surface area contributed by atoms with E-state index in [9.17, 15) is 22.8 Å². The zero-order valence-corrected chi connectivity index (χ0v) is 13.6. The number of urea groups is 1. The second kappa shape index (κ2) is 7.48. The Morgan fingerprint density at radius 2 is 1.83 bits per heavy atom. The Bertz CT molecular complexity index is 741. The highest BCUT2D eigenvalue weighted by Crippen LogP contribution is 2.34. The molecule has 8 heteroatoms. The number of rotatable bonds is 5. The van der Waals surface area contributed by atoms with Crippen LogP contribution in [0.3, 0.4) is 0 Å². The van der Waals surface area contributed by atoms with Gasteiger partial charge in [-0.15, -0.1) is 11.3 Å². The van der Waals surface area contributed by atoms with Gasteiger partial charge < -0.3 is 10.6 Å². The lowest BCUT2D eigenvalue weighted by atomic mass is 10.1. The number of alkyl halides is 3. The quantitative estimate of drug-likeness (QED) is 0.783. The number of anilines is 1. The van der Waals surface area contributed by atoms with Crippen LogP contribution < -0.4 is 10.6 Å². The average molecular weight is 356 g/mol. The second-order valence-electron chi connectivity index (χ2n) is 5.00. The number of para-hydroxylation sites is 1. The summed E-state index contributed by atoms with van der Waals surface area (Å²) in [7, 11) is 0. The number of halogens is 3. The van der Waals surface area contributed by atoms with E-state index in [-0.39, 0.29) is 18.0 Å². The van der Waals surface area contributed by atoms with E-state index >= 15 is 0 Å². The first-order valence-corrected chi connectivity index (χ1v) is 7.90. The molecule has 2 N–H and O–H groups in total. The number of carbonyl (C=O) groups is 2. The molecule has 0 saturated carbocycles. The summed E-state index contributed by atoms with van der Waals surface area (Å²) in [6, 6.07) is 7.57. The molecule has 2 rings (SSSR count). The van der Waals surface area contributed by atoms with E-state index in [1.54, 1.807) is 12.1 Å². The van der Waals surface area contributed by atoms with E-state index in [0.717, 1.165) is 10.9 Å². The molecule has 2 aromatic rings. The van der Waals surface area contributed by atoms with Crippen molar-refractivity contribution in [2.45, 2.75) is 19.5 Å². The molecule has 0 bridgehead atoms. The molecule has 1 aromatic heterocycles. The van der Waals surface area contributed by atoms with E-state index in [1.165, 1.54) is 36.5 Å². The molecular formula is C16H15F3N2O2S. The Kier molecular flexibility index (Phi) is 5.61. The van der Waals surface area contributed by atoms with Gasteiger partial charge in [0.25, 0.3) is 0 Å². The van der Waals surface area contributed by atoms with Crippen LogP contribution >= 0.6 is 11.3 Å². The lowest BCUT2D eigenvalue weighted by molar-refractivity contribution is -0.136. The Morgan fingerprint density at radius 1 is 1.12 bits per heavy atom. The Labute approximate surface area is 140 Å². The first kappa shape index (κ1) is 18.0. The number of hydrogen-bond acceptors (Lipinski definition) is 3.